The standard InChI is InChI=1S/C23H19F4N5O3.C21H13F5N6O3/c1-2-3-4-18(20-21(28)29-12-19(33)32-20)35-15-8-6-14(7-9-15)30-22(34)31-17-11-13(23(25,26)27)5-10-16(17)24;22-11-3-1-9(21(24,25)26)7-14(11)30-20(34)29-13-4-2-10(8-12(13)23)35-15-5-6-28-18-16(15)31-17(27)19(33)32-18/h3-12,28H,2H2,1H3,(H,32,33)(H2,30,31,34);1-8H,(H2,27,31)(H,28,32,33)(H2,29,30,34)/b4-3-,20-18-,28-21?;. The van der Waals surface area contributed by atoms with Crippen molar-refractivity contribution in [1.82, 2.24) is 20.3 Å². The van der Waals surface area contributed by atoms with E-state index in [-0.39, 0.29) is 57.1 Å². The van der Waals surface area contributed by atoms with Crippen molar-refractivity contribution in [1.29, 1.82) is 5.41 Å². The van der Waals surface area contributed by atoms with Crippen molar-refractivity contribution in [2.75, 3.05) is 27.0 Å². The van der Waals surface area contributed by atoms with E-state index in [2.05, 4.69) is 35.9 Å². The Morgan fingerprint density at radius 2 is 1.34 bits per heavy atom. The number of nitrogens with zero attached hydrogens (tertiary/aromatic N) is 3. The van der Waals surface area contributed by atoms with Gasteiger partial charge in [0.25, 0.3) is 11.5 Å². The van der Waals surface area contributed by atoms with Gasteiger partial charge in [-0.05, 0) is 85.3 Å². The number of hydrogen-bond acceptors (Lipinski definition) is 10. The van der Waals surface area contributed by atoms with Crippen LogP contribution in [0.5, 0.6) is 17.2 Å². The maximum Gasteiger partial charge on any atom is 0.416 e. The van der Waals surface area contributed by atoms with Gasteiger partial charge in [0.15, 0.2) is 34.3 Å². The number of amides is 5. The highest BCUT2D eigenvalue weighted by molar-refractivity contribution is 6.33. The lowest BCUT2D eigenvalue weighted by Crippen LogP contribution is -2.33. The number of nitrogens with one attached hydrogen (secondary N) is 7. The molecule has 0 saturated carbocycles. The summed E-state index contributed by atoms with van der Waals surface area (Å²) in [5.41, 5.74) is 1.35. The molecule has 0 atom stereocenters. The number of nitrogen functional groups attached to an aromatic ring is 1. The molecule has 0 bridgehead atoms. The maximum atomic E-state index is 14.5. The van der Waals surface area contributed by atoms with Gasteiger partial charge in [0, 0.05) is 24.0 Å². The molecule has 6 aromatic rings. The van der Waals surface area contributed by atoms with Crippen molar-refractivity contribution in [3.05, 3.63) is 154 Å². The number of amidine groups is 1. The molecule has 0 saturated heterocycles. The summed E-state index contributed by atoms with van der Waals surface area (Å²) in [5, 5.41) is 18.8. The van der Waals surface area contributed by atoms with Crippen LogP contribution in [0, 0.1) is 22.9 Å². The van der Waals surface area contributed by atoms with Crippen LogP contribution in [0.3, 0.4) is 0 Å². The van der Waals surface area contributed by atoms with Crippen LogP contribution in [-0.4, -0.2) is 45.0 Å². The first-order valence-corrected chi connectivity index (χ1v) is 19.7. The van der Waals surface area contributed by atoms with Crippen molar-refractivity contribution in [2.24, 2.45) is 4.99 Å². The number of carbonyl (C=O) groups excluding carboxylic acids is 3. The number of aliphatic imine (C=N–C) groups is 1. The molecule has 0 spiro atoms. The Bertz CT molecular complexity index is 3160. The fraction of sp³-hybridized carbons (Fsp3) is 0.0909. The number of H-pyrrole nitrogens is 1. The number of hydrogen-bond donors (Lipinski definition) is 8. The summed E-state index contributed by atoms with van der Waals surface area (Å²) >= 11 is 0. The highest BCUT2D eigenvalue weighted by Crippen LogP contribution is 2.34. The molecule has 26 heteroatoms. The van der Waals surface area contributed by atoms with Crippen LogP contribution in [0.1, 0.15) is 24.5 Å². The SMILES string of the molecule is CC/C=C\C(Oc1ccc(NC(=O)Nc2cc(C(F)(F)F)ccc2F)cc1)=C1\NC(=O)C=NC1=N.Nc1nc2c(Oc3ccc(NC(=O)Nc4cc(C(F)(F)F)ccc4F)c(F)c3)ccnc2[nH]c1=O. The number of fused-ring (bicyclic) bond motifs is 1. The number of urea groups is 2. The number of ether oxygens (including phenoxy) is 2. The lowest BCUT2D eigenvalue weighted by Gasteiger charge is -2.16. The minimum atomic E-state index is -4.75. The molecule has 362 valence electrons. The van der Waals surface area contributed by atoms with Crippen LogP contribution in [0.15, 0.2) is 125 Å². The fourth-order valence-electron chi connectivity index (χ4n) is 5.71. The van der Waals surface area contributed by atoms with Gasteiger partial charge >= 0.3 is 24.4 Å². The van der Waals surface area contributed by atoms with Crippen LogP contribution in [0.4, 0.5) is 77.7 Å². The van der Waals surface area contributed by atoms with E-state index in [1.54, 1.807) is 12.2 Å². The smallest absolute Gasteiger partial charge is 0.416 e. The van der Waals surface area contributed by atoms with E-state index >= 15 is 0 Å². The molecular weight excluding hydrogens is 950 g/mol. The molecule has 70 heavy (non-hydrogen) atoms. The average Bonchev–Trinajstić information content (AvgIpc) is 3.29. The lowest BCUT2D eigenvalue weighted by molar-refractivity contribution is -0.138. The van der Waals surface area contributed by atoms with Gasteiger partial charge in [0.1, 0.15) is 34.6 Å². The van der Waals surface area contributed by atoms with Gasteiger partial charge in [-0.1, -0.05) is 13.0 Å². The van der Waals surface area contributed by atoms with Crippen LogP contribution < -0.4 is 47.4 Å². The second kappa shape index (κ2) is 21.2. The lowest BCUT2D eigenvalue weighted by atomic mass is 10.2. The topological polar surface area (TPSA) is 251 Å². The van der Waals surface area contributed by atoms with Crippen molar-refractivity contribution < 1.29 is 63.4 Å². The predicted molar refractivity (Wildman–Crippen MR) is 237 cm³/mol. The number of aromatic amines is 1. The minimum absolute atomic E-state index is 0.0311. The molecule has 9 N–H and O–H groups in total. The molecule has 1 aliphatic heterocycles. The third kappa shape index (κ3) is 13.0. The van der Waals surface area contributed by atoms with E-state index in [1.165, 1.54) is 42.6 Å². The number of allylic oxidation sites excluding steroid dienone is 2. The molecule has 1 aliphatic rings. The van der Waals surface area contributed by atoms with E-state index < -0.39 is 75.8 Å². The number of alkyl halides is 6. The number of pyridine rings is 1. The Hall–Kier alpha value is -9.23. The van der Waals surface area contributed by atoms with Gasteiger partial charge in [-0.3, -0.25) is 15.0 Å². The first-order valence-electron chi connectivity index (χ1n) is 19.7. The highest BCUT2D eigenvalue weighted by atomic mass is 19.4. The number of halogens is 9. The van der Waals surface area contributed by atoms with Crippen LogP contribution in [-0.2, 0) is 17.1 Å². The maximum absolute atomic E-state index is 14.5. The van der Waals surface area contributed by atoms with E-state index in [1.807, 2.05) is 17.6 Å². The largest absolute Gasteiger partial charge is 0.455 e. The summed E-state index contributed by atoms with van der Waals surface area (Å²) in [6.07, 6.45) is -3.16. The second-order valence-electron chi connectivity index (χ2n) is 14.0. The second-order valence-corrected chi connectivity index (χ2v) is 14.0. The number of aromatic nitrogens is 3. The summed E-state index contributed by atoms with van der Waals surface area (Å²) in [6, 6.07) is 11.5. The van der Waals surface area contributed by atoms with E-state index in [0.29, 0.717) is 48.6 Å². The zero-order valence-corrected chi connectivity index (χ0v) is 35.4. The zero-order valence-electron chi connectivity index (χ0n) is 35.4. The first kappa shape index (κ1) is 50.2. The quantitative estimate of drug-likeness (QED) is 0.0480. The summed E-state index contributed by atoms with van der Waals surface area (Å²) in [6.45, 7) is 1.89. The van der Waals surface area contributed by atoms with Crippen molar-refractivity contribution in [3.8, 4) is 17.2 Å². The third-order valence-electron chi connectivity index (χ3n) is 8.97. The summed E-state index contributed by atoms with van der Waals surface area (Å²) in [5.74, 6) is -3.63. The average molecular weight is 982 g/mol. The van der Waals surface area contributed by atoms with Gasteiger partial charge in [0.2, 0.25) is 0 Å². The summed E-state index contributed by atoms with van der Waals surface area (Å²) in [7, 11) is 0. The molecule has 0 aliphatic carbocycles. The Morgan fingerprint density at radius 3 is 1.93 bits per heavy atom. The normalized spacial score (nSPS) is 13.2. The fourth-order valence-corrected chi connectivity index (χ4v) is 5.71. The van der Waals surface area contributed by atoms with Crippen LogP contribution >= 0.6 is 0 Å². The number of benzene rings is 4. The van der Waals surface area contributed by atoms with Gasteiger partial charge in [-0.25, -0.2) is 37.7 Å². The van der Waals surface area contributed by atoms with Gasteiger partial charge in [-0.2, -0.15) is 26.3 Å². The monoisotopic (exact) mass is 981 g/mol. The zero-order chi connectivity index (χ0) is 50.9. The number of rotatable bonds is 10. The van der Waals surface area contributed by atoms with Gasteiger partial charge < -0.3 is 46.8 Å². The van der Waals surface area contributed by atoms with E-state index in [4.69, 9.17) is 20.6 Å². The summed E-state index contributed by atoms with van der Waals surface area (Å²) < 4.78 is 130. The number of anilines is 5. The summed E-state index contributed by atoms with van der Waals surface area (Å²) in [4.78, 5) is 61.4. The van der Waals surface area contributed by atoms with Crippen molar-refractivity contribution >= 4 is 69.8 Å². The predicted octanol–water partition coefficient (Wildman–Crippen LogP) is 9.86. The molecule has 17 nitrogen and oxygen atoms in total. The Balaban J connectivity index is 0.000000230. The molecule has 3 heterocycles. The van der Waals surface area contributed by atoms with Crippen LogP contribution in [0.2, 0.25) is 0 Å². The molecular formula is C44H32F9N11O6. The highest BCUT2D eigenvalue weighted by Gasteiger charge is 2.32. The molecule has 0 fully saturated rings. The van der Waals surface area contributed by atoms with E-state index in [9.17, 15) is 58.7 Å². The number of carbonyl (C=O) groups is 3. The molecule has 4 aromatic carbocycles. The third-order valence-corrected chi connectivity index (χ3v) is 8.97. The van der Waals surface area contributed by atoms with Crippen molar-refractivity contribution in [2.45, 2.75) is 25.7 Å². The number of nitrogens with two attached hydrogens (primary N) is 1. The molecule has 2 aromatic heterocycles. The molecule has 7 rings (SSSR count). The Labute approximate surface area is 386 Å². The minimum Gasteiger partial charge on any atom is -0.455 e. The van der Waals surface area contributed by atoms with Crippen LogP contribution in [0.25, 0.3) is 11.2 Å². The molecule has 0 unspecified atom stereocenters. The molecule has 5 amide bonds. The van der Waals surface area contributed by atoms with Crippen molar-refractivity contribution in [3.63, 3.8) is 0 Å². The first-order chi connectivity index (χ1) is 33.1. The Morgan fingerprint density at radius 1 is 0.757 bits per heavy atom. The van der Waals surface area contributed by atoms with Gasteiger partial charge in [-0.15, -0.1) is 0 Å². The Kier molecular flexibility index (Phi) is 15.2. The van der Waals surface area contributed by atoms with E-state index in [0.717, 1.165) is 18.3 Å². The molecule has 0 radical (unpaired) electrons. The van der Waals surface area contributed by atoms with Gasteiger partial charge in [0.05, 0.1) is 34.4 Å².